The van der Waals surface area contributed by atoms with Crippen LogP contribution >= 0.6 is 0 Å². The normalized spacial score (nSPS) is 15.7. The predicted octanol–water partition coefficient (Wildman–Crippen LogP) is 6.58. The number of anilines is 2. The monoisotopic (exact) mass is 486 g/mol. The Hall–Kier alpha value is -3.49. The smallest absolute Gasteiger partial charge is 0.263 e. The fourth-order valence-electron chi connectivity index (χ4n) is 4.25. The molecule has 0 bridgehead atoms. The molecule has 5 nitrogen and oxygen atoms in total. The topological polar surface area (TPSA) is 58.1 Å². The Morgan fingerprint density at radius 3 is 2.46 bits per heavy atom. The third kappa shape index (κ3) is 5.61. The third-order valence-corrected chi connectivity index (χ3v) is 6.16. The Bertz CT molecular complexity index is 1210. The summed E-state index contributed by atoms with van der Waals surface area (Å²) in [6.45, 7) is 3.95. The summed E-state index contributed by atoms with van der Waals surface area (Å²) in [5, 5.41) is 11.4. The van der Waals surface area contributed by atoms with E-state index >= 15 is 0 Å². The number of carbonyl (C=O) groups is 1. The van der Waals surface area contributed by atoms with E-state index in [-0.39, 0.29) is 42.8 Å². The molecule has 2 aromatic carbocycles. The van der Waals surface area contributed by atoms with Gasteiger partial charge in [0.2, 0.25) is 5.92 Å². The van der Waals surface area contributed by atoms with Gasteiger partial charge in [-0.25, -0.2) is 17.6 Å². The maximum atomic E-state index is 14.0. The third-order valence-electron chi connectivity index (χ3n) is 6.16. The van der Waals surface area contributed by atoms with Crippen LogP contribution in [-0.2, 0) is 0 Å². The van der Waals surface area contributed by atoms with E-state index in [1.165, 1.54) is 24.3 Å². The Morgan fingerprint density at radius 2 is 1.77 bits per heavy atom. The Kier molecular flexibility index (Phi) is 7.05. The van der Waals surface area contributed by atoms with Crippen LogP contribution in [0.1, 0.15) is 52.7 Å². The van der Waals surface area contributed by atoms with Gasteiger partial charge in [-0.1, -0.05) is 36.4 Å². The Labute approximate surface area is 201 Å². The summed E-state index contributed by atoms with van der Waals surface area (Å²) in [6.07, 6.45) is -2.92. The second-order valence-electron chi connectivity index (χ2n) is 8.82. The second-order valence-corrected chi connectivity index (χ2v) is 8.82. The van der Waals surface area contributed by atoms with Crippen molar-refractivity contribution in [1.82, 2.24) is 10.2 Å². The Morgan fingerprint density at radius 1 is 1.03 bits per heavy atom. The summed E-state index contributed by atoms with van der Waals surface area (Å²) in [7, 11) is 0. The van der Waals surface area contributed by atoms with E-state index in [0.717, 1.165) is 5.56 Å². The SMILES string of the molecule is Cc1cccc(NC(=O)c2c(N3CCCC(F)(F)CC3)nnc(-c3ccc(C(F)F)cc3)c2C)c1. The molecule has 3 aromatic rings. The fraction of sp³-hybridized carbons (Fsp3) is 0.346. The van der Waals surface area contributed by atoms with Gasteiger partial charge in [0.25, 0.3) is 12.3 Å². The van der Waals surface area contributed by atoms with Gasteiger partial charge in [0.1, 0.15) is 0 Å². The molecule has 1 N–H and O–H groups in total. The largest absolute Gasteiger partial charge is 0.354 e. The molecule has 184 valence electrons. The van der Waals surface area contributed by atoms with Gasteiger partial charge < -0.3 is 10.2 Å². The number of rotatable bonds is 5. The first-order valence-corrected chi connectivity index (χ1v) is 11.4. The summed E-state index contributed by atoms with van der Waals surface area (Å²) in [5.41, 5.74) is 3.02. The van der Waals surface area contributed by atoms with Crippen LogP contribution in [0, 0.1) is 13.8 Å². The standard InChI is InChI=1S/C26H26F4N4O/c1-16-5-3-6-20(15-16)31-25(35)21-17(2)22(18-7-9-19(10-8-18)23(27)28)32-33-24(21)34-13-4-11-26(29,30)12-14-34/h3,5-10,15,23H,4,11-14H2,1-2H3,(H,31,35). The molecule has 35 heavy (non-hydrogen) atoms. The highest BCUT2D eigenvalue weighted by molar-refractivity contribution is 6.09. The number of carbonyl (C=O) groups excluding carboxylic acids is 1. The van der Waals surface area contributed by atoms with Gasteiger partial charge in [0.15, 0.2) is 5.82 Å². The lowest BCUT2D eigenvalue weighted by Gasteiger charge is -2.25. The van der Waals surface area contributed by atoms with Gasteiger partial charge >= 0.3 is 0 Å². The molecule has 1 fully saturated rings. The van der Waals surface area contributed by atoms with Gasteiger partial charge in [-0.2, -0.15) is 0 Å². The van der Waals surface area contributed by atoms with Crippen molar-refractivity contribution < 1.29 is 22.4 Å². The summed E-state index contributed by atoms with van der Waals surface area (Å²) in [6, 6.07) is 12.9. The van der Waals surface area contributed by atoms with Crippen LogP contribution in [0.5, 0.6) is 0 Å². The average molecular weight is 487 g/mol. The molecule has 1 aliphatic rings. The van der Waals surface area contributed by atoms with Gasteiger partial charge in [-0.05, 0) is 43.5 Å². The number of alkyl halides is 4. The summed E-state index contributed by atoms with van der Waals surface area (Å²) in [4.78, 5) is 15.2. The lowest BCUT2D eigenvalue weighted by atomic mass is 10.0. The number of aromatic nitrogens is 2. The van der Waals surface area contributed by atoms with Crippen molar-refractivity contribution in [2.45, 2.75) is 45.5 Å². The van der Waals surface area contributed by atoms with Gasteiger partial charge in [0, 0.05) is 42.7 Å². The van der Waals surface area contributed by atoms with Crippen molar-refractivity contribution >= 4 is 17.4 Å². The molecule has 0 spiro atoms. The van der Waals surface area contributed by atoms with Crippen molar-refractivity contribution in [2.24, 2.45) is 0 Å². The van der Waals surface area contributed by atoms with Crippen molar-refractivity contribution in [3.63, 3.8) is 0 Å². The number of amides is 1. The molecular formula is C26H26F4N4O. The molecule has 4 rings (SSSR count). The van der Waals surface area contributed by atoms with Crippen molar-refractivity contribution in [3.05, 3.63) is 70.8 Å². The van der Waals surface area contributed by atoms with Crippen molar-refractivity contribution in [1.29, 1.82) is 0 Å². The highest BCUT2D eigenvalue weighted by Gasteiger charge is 2.34. The fourth-order valence-corrected chi connectivity index (χ4v) is 4.25. The lowest BCUT2D eigenvalue weighted by molar-refractivity contribution is -0.0102. The van der Waals surface area contributed by atoms with E-state index in [0.29, 0.717) is 29.1 Å². The molecule has 1 amide bonds. The van der Waals surface area contributed by atoms with Crippen LogP contribution in [-0.4, -0.2) is 35.1 Å². The van der Waals surface area contributed by atoms with E-state index in [1.807, 2.05) is 25.1 Å². The van der Waals surface area contributed by atoms with E-state index in [9.17, 15) is 22.4 Å². The summed E-state index contributed by atoms with van der Waals surface area (Å²) < 4.78 is 54.0. The first-order chi connectivity index (χ1) is 16.6. The van der Waals surface area contributed by atoms with E-state index < -0.39 is 18.3 Å². The zero-order chi connectivity index (χ0) is 25.2. The van der Waals surface area contributed by atoms with Gasteiger partial charge in [-0.15, -0.1) is 10.2 Å². The zero-order valence-corrected chi connectivity index (χ0v) is 19.5. The minimum absolute atomic E-state index is 0.0360. The second kappa shape index (κ2) is 10.0. The lowest BCUT2D eigenvalue weighted by Crippen LogP contribution is -2.30. The van der Waals surface area contributed by atoms with Gasteiger partial charge in [-0.3, -0.25) is 4.79 Å². The molecule has 1 aromatic heterocycles. The molecule has 0 radical (unpaired) electrons. The molecule has 2 heterocycles. The molecule has 0 aliphatic carbocycles. The minimum atomic E-state index is -2.77. The first kappa shape index (κ1) is 24.6. The number of nitrogens with zero attached hydrogens (tertiary/aromatic N) is 3. The van der Waals surface area contributed by atoms with Crippen molar-refractivity contribution in [3.8, 4) is 11.3 Å². The van der Waals surface area contributed by atoms with Gasteiger partial charge in [0.05, 0.1) is 11.3 Å². The summed E-state index contributed by atoms with van der Waals surface area (Å²) in [5.74, 6) is -2.98. The maximum absolute atomic E-state index is 14.0. The molecular weight excluding hydrogens is 460 g/mol. The van der Waals surface area contributed by atoms with Crippen LogP contribution in [0.2, 0.25) is 0 Å². The molecule has 1 saturated heterocycles. The van der Waals surface area contributed by atoms with Crippen LogP contribution in [0.25, 0.3) is 11.3 Å². The number of benzene rings is 2. The number of nitrogens with one attached hydrogen (secondary N) is 1. The summed E-state index contributed by atoms with van der Waals surface area (Å²) >= 11 is 0. The minimum Gasteiger partial charge on any atom is -0.354 e. The zero-order valence-electron chi connectivity index (χ0n) is 19.5. The van der Waals surface area contributed by atoms with Crippen molar-refractivity contribution in [2.75, 3.05) is 23.3 Å². The van der Waals surface area contributed by atoms with E-state index in [2.05, 4.69) is 15.5 Å². The van der Waals surface area contributed by atoms with Crippen LogP contribution in [0.4, 0.5) is 29.1 Å². The number of halogens is 4. The molecule has 9 heteroatoms. The van der Waals surface area contributed by atoms with Crippen LogP contribution in [0.3, 0.4) is 0 Å². The highest BCUT2D eigenvalue weighted by Crippen LogP contribution is 2.34. The number of aryl methyl sites for hydroxylation is 1. The van der Waals surface area contributed by atoms with Crippen LogP contribution < -0.4 is 10.2 Å². The number of hydrogen-bond acceptors (Lipinski definition) is 4. The number of hydrogen-bond donors (Lipinski definition) is 1. The molecule has 0 unspecified atom stereocenters. The molecule has 0 atom stereocenters. The quantitative estimate of drug-likeness (QED) is 0.414. The average Bonchev–Trinajstić information content (AvgIpc) is 2.99. The van der Waals surface area contributed by atoms with Crippen LogP contribution in [0.15, 0.2) is 48.5 Å². The highest BCUT2D eigenvalue weighted by atomic mass is 19.3. The first-order valence-electron chi connectivity index (χ1n) is 11.4. The maximum Gasteiger partial charge on any atom is 0.263 e. The predicted molar refractivity (Wildman–Crippen MR) is 127 cm³/mol. The van der Waals surface area contributed by atoms with E-state index in [1.54, 1.807) is 17.9 Å². The molecule has 0 saturated carbocycles. The van der Waals surface area contributed by atoms with E-state index in [4.69, 9.17) is 0 Å². The molecule has 1 aliphatic heterocycles. The Balaban J connectivity index is 1.77.